The number of rotatable bonds is 5. The fourth-order valence-electron chi connectivity index (χ4n) is 3.58. The van der Waals surface area contributed by atoms with Crippen molar-refractivity contribution in [3.8, 4) is 0 Å². The maximum absolute atomic E-state index is 10.4. The highest BCUT2D eigenvalue weighted by molar-refractivity contribution is 7.15. The number of aromatic nitrogens is 2. The average Bonchev–Trinajstić information content (AvgIpc) is 3.24. The number of pyridine rings is 1. The molecule has 0 bridgehead atoms. The van der Waals surface area contributed by atoms with Crippen molar-refractivity contribution in [3.63, 3.8) is 0 Å². The molecule has 4 heterocycles. The van der Waals surface area contributed by atoms with Gasteiger partial charge in [-0.2, -0.15) is 0 Å². The summed E-state index contributed by atoms with van der Waals surface area (Å²) < 4.78 is 5.40. The standard InChI is InChI=1S/C18H24N4O2S/c23-17-13-21(11-15(17)9-14-1-3-19-4-2-14)12-16-10-20-18(25-16)22-5-7-24-8-6-22/h1-4,10,15,17,23H,5-9,11-13H2/t15-,17+/m1/s1. The molecule has 0 spiro atoms. The number of nitrogens with zero attached hydrogens (tertiary/aromatic N) is 4. The summed E-state index contributed by atoms with van der Waals surface area (Å²) in [6.45, 7) is 5.93. The zero-order valence-electron chi connectivity index (χ0n) is 14.3. The summed E-state index contributed by atoms with van der Waals surface area (Å²) in [7, 11) is 0. The van der Waals surface area contributed by atoms with E-state index in [0.717, 1.165) is 57.5 Å². The van der Waals surface area contributed by atoms with Gasteiger partial charge in [0.05, 0.1) is 19.3 Å². The first-order valence-electron chi connectivity index (χ1n) is 8.84. The zero-order valence-corrected chi connectivity index (χ0v) is 15.1. The molecule has 6 nitrogen and oxygen atoms in total. The van der Waals surface area contributed by atoms with E-state index in [1.165, 1.54) is 10.4 Å². The van der Waals surface area contributed by atoms with E-state index in [-0.39, 0.29) is 12.0 Å². The Kier molecular flexibility index (Phi) is 5.26. The molecule has 7 heteroatoms. The zero-order chi connectivity index (χ0) is 17.1. The lowest BCUT2D eigenvalue weighted by Crippen LogP contribution is -2.36. The molecule has 0 aromatic carbocycles. The van der Waals surface area contributed by atoms with Crippen LogP contribution in [0.4, 0.5) is 5.13 Å². The van der Waals surface area contributed by atoms with E-state index in [2.05, 4.69) is 19.8 Å². The summed E-state index contributed by atoms with van der Waals surface area (Å²) in [6.07, 6.45) is 6.26. The van der Waals surface area contributed by atoms with Gasteiger partial charge in [0.25, 0.3) is 0 Å². The number of hydrogen-bond donors (Lipinski definition) is 1. The molecule has 2 atom stereocenters. The van der Waals surface area contributed by atoms with Gasteiger partial charge >= 0.3 is 0 Å². The maximum atomic E-state index is 10.4. The van der Waals surface area contributed by atoms with Gasteiger partial charge in [-0.1, -0.05) is 0 Å². The molecule has 0 saturated carbocycles. The highest BCUT2D eigenvalue weighted by Gasteiger charge is 2.31. The molecule has 2 fully saturated rings. The van der Waals surface area contributed by atoms with Crippen LogP contribution in [0.5, 0.6) is 0 Å². The lowest BCUT2D eigenvalue weighted by atomic mass is 9.97. The summed E-state index contributed by atoms with van der Waals surface area (Å²) >= 11 is 1.76. The van der Waals surface area contributed by atoms with Gasteiger partial charge < -0.3 is 14.7 Å². The van der Waals surface area contributed by atoms with Gasteiger partial charge in [0.1, 0.15) is 0 Å². The average molecular weight is 360 g/mol. The summed E-state index contributed by atoms with van der Waals surface area (Å²) in [5.41, 5.74) is 1.24. The molecule has 2 aliphatic rings. The molecule has 2 aliphatic heterocycles. The van der Waals surface area contributed by atoms with Crippen LogP contribution in [0.3, 0.4) is 0 Å². The van der Waals surface area contributed by atoms with Crippen LogP contribution in [0, 0.1) is 5.92 Å². The molecular weight excluding hydrogens is 336 g/mol. The molecule has 2 saturated heterocycles. The quantitative estimate of drug-likeness (QED) is 0.870. The summed E-state index contributed by atoms with van der Waals surface area (Å²) in [5, 5.41) is 11.5. The number of anilines is 1. The van der Waals surface area contributed by atoms with E-state index >= 15 is 0 Å². The van der Waals surface area contributed by atoms with Crippen LogP contribution >= 0.6 is 11.3 Å². The predicted octanol–water partition coefficient (Wildman–Crippen LogP) is 1.41. The van der Waals surface area contributed by atoms with Crippen molar-refractivity contribution in [3.05, 3.63) is 41.2 Å². The Bertz CT molecular complexity index is 675. The molecule has 25 heavy (non-hydrogen) atoms. The molecule has 2 aromatic rings. The van der Waals surface area contributed by atoms with E-state index in [4.69, 9.17) is 4.74 Å². The molecule has 0 amide bonds. The van der Waals surface area contributed by atoms with E-state index in [1.807, 2.05) is 30.7 Å². The first-order chi connectivity index (χ1) is 12.3. The Hall–Kier alpha value is -1.54. The lowest BCUT2D eigenvalue weighted by molar-refractivity contribution is 0.122. The van der Waals surface area contributed by atoms with Gasteiger partial charge in [-0.05, 0) is 24.1 Å². The minimum atomic E-state index is -0.264. The van der Waals surface area contributed by atoms with Crippen molar-refractivity contribution >= 4 is 16.5 Å². The Morgan fingerprint density at radius 3 is 2.80 bits per heavy atom. The molecule has 2 aromatic heterocycles. The lowest BCUT2D eigenvalue weighted by Gasteiger charge is -2.26. The fourth-order valence-corrected chi connectivity index (χ4v) is 4.59. The Balaban J connectivity index is 1.33. The van der Waals surface area contributed by atoms with Gasteiger partial charge in [-0.15, -0.1) is 11.3 Å². The van der Waals surface area contributed by atoms with Gasteiger partial charge in [0.2, 0.25) is 0 Å². The topological polar surface area (TPSA) is 61.7 Å². The van der Waals surface area contributed by atoms with Crippen LogP contribution in [0.1, 0.15) is 10.4 Å². The smallest absolute Gasteiger partial charge is 0.185 e. The minimum Gasteiger partial charge on any atom is -0.391 e. The van der Waals surface area contributed by atoms with Gasteiger partial charge in [-0.25, -0.2) is 4.98 Å². The Morgan fingerprint density at radius 2 is 2.00 bits per heavy atom. The van der Waals surface area contributed by atoms with E-state index < -0.39 is 0 Å². The Labute approximate surface area is 152 Å². The summed E-state index contributed by atoms with van der Waals surface area (Å²) in [4.78, 5) is 14.5. The normalized spacial score (nSPS) is 24.8. The van der Waals surface area contributed by atoms with E-state index in [9.17, 15) is 5.11 Å². The highest BCUT2D eigenvalue weighted by Crippen LogP contribution is 2.27. The number of β-amino-alcohol motifs (C(OH)–C–C–N with tert-alkyl or cyclic N) is 1. The number of likely N-dealkylation sites (tertiary alicyclic amines) is 1. The van der Waals surface area contributed by atoms with E-state index in [1.54, 1.807) is 11.3 Å². The molecule has 134 valence electrons. The van der Waals surface area contributed by atoms with Crippen molar-refractivity contribution < 1.29 is 9.84 Å². The molecular formula is C18H24N4O2S. The highest BCUT2D eigenvalue weighted by atomic mass is 32.1. The van der Waals surface area contributed by atoms with Crippen LogP contribution < -0.4 is 4.90 Å². The van der Waals surface area contributed by atoms with Crippen LogP contribution in [0.15, 0.2) is 30.7 Å². The first kappa shape index (κ1) is 16.9. The number of aliphatic hydroxyl groups excluding tert-OH is 1. The SMILES string of the molecule is O[C@H]1CN(Cc2cnc(N3CCOCC3)s2)C[C@H]1Cc1ccncc1. The third kappa shape index (κ3) is 4.17. The maximum Gasteiger partial charge on any atom is 0.185 e. The van der Waals surface area contributed by atoms with Crippen LogP contribution in [0.2, 0.25) is 0 Å². The first-order valence-corrected chi connectivity index (χ1v) is 9.66. The summed E-state index contributed by atoms with van der Waals surface area (Å²) in [6, 6.07) is 4.07. The second-order valence-corrected chi connectivity index (χ2v) is 7.88. The van der Waals surface area contributed by atoms with Crippen molar-refractivity contribution in [2.75, 3.05) is 44.3 Å². The number of thiazole rings is 1. The third-order valence-electron chi connectivity index (χ3n) is 4.93. The van der Waals surface area contributed by atoms with E-state index in [0.29, 0.717) is 0 Å². The van der Waals surface area contributed by atoms with Crippen molar-refractivity contribution in [2.24, 2.45) is 5.92 Å². The van der Waals surface area contributed by atoms with Crippen LogP contribution in [0.25, 0.3) is 0 Å². The monoisotopic (exact) mass is 360 g/mol. The largest absolute Gasteiger partial charge is 0.391 e. The van der Waals surface area contributed by atoms with Crippen molar-refractivity contribution in [2.45, 2.75) is 19.1 Å². The van der Waals surface area contributed by atoms with Crippen molar-refractivity contribution in [1.29, 1.82) is 0 Å². The number of aliphatic hydroxyl groups is 1. The van der Waals surface area contributed by atoms with Crippen molar-refractivity contribution in [1.82, 2.24) is 14.9 Å². The van der Waals surface area contributed by atoms with Gasteiger partial charge in [0.15, 0.2) is 5.13 Å². The second-order valence-electron chi connectivity index (χ2n) is 6.79. The number of hydrogen-bond acceptors (Lipinski definition) is 7. The molecule has 1 N–H and O–H groups in total. The second kappa shape index (κ2) is 7.78. The van der Waals surface area contributed by atoms with Gasteiger partial charge in [-0.3, -0.25) is 9.88 Å². The molecule has 0 radical (unpaired) electrons. The fraction of sp³-hybridized carbons (Fsp3) is 0.556. The predicted molar refractivity (Wildman–Crippen MR) is 97.9 cm³/mol. The molecule has 0 unspecified atom stereocenters. The number of morpholine rings is 1. The van der Waals surface area contributed by atoms with Crippen LogP contribution in [-0.4, -0.2) is 65.5 Å². The summed E-state index contributed by atoms with van der Waals surface area (Å²) in [5.74, 6) is 0.286. The van der Waals surface area contributed by atoms with Crippen LogP contribution in [-0.2, 0) is 17.7 Å². The molecule has 4 rings (SSSR count). The Morgan fingerprint density at radius 1 is 1.20 bits per heavy atom. The third-order valence-corrected chi connectivity index (χ3v) is 5.97. The molecule has 0 aliphatic carbocycles. The van der Waals surface area contributed by atoms with Gasteiger partial charge in [0, 0.05) is 62.1 Å². The minimum absolute atomic E-state index is 0.264. The number of ether oxygens (including phenoxy) is 1.